The molecule has 1 unspecified atom stereocenters. The second-order valence-electron chi connectivity index (χ2n) is 4.43. The van der Waals surface area contributed by atoms with Crippen molar-refractivity contribution in [2.24, 2.45) is 7.05 Å². The van der Waals surface area contributed by atoms with Crippen LogP contribution in [0.25, 0.3) is 11.0 Å². The largest absolute Gasteiger partial charge is 0.376 e. The molecule has 1 aliphatic rings. The summed E-state index contributed by atoms with van der Waals surface area (Å²) in [6, 6.07) is 8.09. The lowest BCUT2D eigenvalue weighted by Crippen LogP contribution is -2.34. The summed E-state index contributed by atoms with van der Waals surface area (Å²) < 4.78 is 13.0. The van der Waals surface area contributed by atoms with Gasteiger partial charge in [0.15, 0.2) is 0 Å². The number of imidazole rings is 1. The van der Waals surface area contributed by atoms with Gasteiger partial charge in [0, 0.05) is 13.6 Å². The molecule has 1 N–H and O–H groups in total. The van der Waals surface area contributed by atoms with Gasteiger partial charge in [-0.15, -0.1) is 0 Å². The van der Waals surface area contributed by atoms with Gasteiger partial charge in [0.25, 0.3) is 0 Å². The number of aryl methyl sites for hydroxylation is 1. The lowest BCUT2D eigenvalue weighted by Gasteiger charge is -2.23. The van der Waals surface area contributed by atoms with Crippen molar-refractivity contribution in [2.45, 2.75) is 6.10 Å². The molecule has 0 amide bonds. The van der Waals surface area contributed by atoms with E-state index < -0.39 is 0 Å². The van der Waals surface area contributed by atoms with Crippen molar-refractivity contribution >= 4 is 17.0 Å². The average Bonchev–Trinajstić information content (AvgIpc) is 2.75. The minimum Gasteiger partial charge on any atom is -0.376 e. The first kappa shape index (κ1) is 11.5. The van der Waals surface area contributed by atoms with Gasteiger partial charge in [0.05, 0.1) is 37.0 Å². The summed E-state index contributed by atoms with van der Waals surface area (Å²) in [4.78, 5) is 4.55. The standard InChI is InChI=1S/C13H17N3O2/c1-16-12-5-3-2-4-11(12)15-13(16)14-8-10-9-17-6-7-18-10/h2-5,10H,6-9H2,1H3,(H,14,15). The van der Waals surface area contributed by atoms with Crippen LogP contribution in [0.1, 0.15) is 0 Å². The lowest BCUT2D eigenvalue weighted by molar-refractivity contribution is -0.0819. The van der Waals surface area contributed by atoms with Gasteiger partial charge in [-0.3, -0.25) is 0 Å². The zero-order valence-electron chi connectivity index (χ0n) is 10.4. The number of aromatic nitrogens is 2. The van der Waals surface area contributed by atoms with E-state index in [9.17, 15) is 0 Å². The van der Waals surface area contributed by atoms with Gasteiger partial charge >= 0.3 is 0 Å². The van der Waals surface area contributed by atoms with E-state index in [2.05, 4.69) is 20.9 Å². The van der Waals surface area contributed by atoms with Crippen molar-refractivity contribution in [3.05, 3.63) is 24.3 Å². The summed E-state index contributed by atoms with van der Waals surface area (Å²) in [7, 11) is 2.01. The van der Waals surface area contributed by atoms with Crippen LogP contribution in [0.2, 0.25) is 0 Å². The number of anilines is 1. The molecule has 5 heteroatoms. The molecule has 0 spiro atoms. The maximum atomic E-state index is 5.59. The molecular weight excluding hydrogens is 230 g/mol. The molecule has 2 aromatic rings. The number of ether oxygens (including phenoxy) is 2. The van der Waals surface area contributed by atoms with Crippen LogP contribution in [0.3, 0.4) is 0 Å². The Morgan fingerprint density at radius 1 is 1.39 bits per heavy atom. The molecule has 18 heavy (non-hydrogen) atoms. The van der Waals surface area contributed by atoms with Gasteiger partial charge < -0.3 is 19.4 Å². The van der Waals surface area contributed by atoms with E-state index in [0.717, 1.165) is 23.5 Å². The van der Waals surface area contributed by atoms with E-state index in [1.54, 1.807) is 0 Å². The number of hydrogen-bond acceptors (Lipinski definition) is 4. The van der Waals surface area contributed by atoms with Crippen LogP contribution in [-0.2, 0) is 16.5 Å². The number of hydrogen-bond donors (Lipinski definition) is 1. The monoisotopic (exact) mass is 247 g/mol. The molecule has 5 nitrogen and oxygen atoms in total. The van der Waals surface area contributed by atoms with Crippen LogP contribution in [0, 0.1) is 0 Å². The van der Waals surface area contributed by atoms with Gasteiger partial charge in [-0.05, 0) is 12.1 Å². The number of fused-ring (bicyclic) bond motifs is 1. The van der Waals surface area contributed by atoms with Crippen molar-refractivity contribution in [2.75, 3.05) is 31.7 Å². The highest BCUT2D eigenvalue weighted by Gasteiger charge is 2.15. The van der Waals surface area contributed by atoms with Crippen LogP contribution in [0.4, 0.5) is 5.95 Å². The molecule has 2 heterocycles. The van der Waals surface area contributed by atoms with E-state index in [1.807, 2.05) is 25.2 Å². The molecule has 1 aromatic carbocycles. The minimum atomic E-state index is 0.110. The zero-order valence-corrected chi connectivity index (χ0v) is 10.4. The smallest absolute Gasteiger partial charge is 0.203 e. The van der Waals surface area contributed by atoms with Crippen molar-refractivity contribution in [3.8, 4) is 0 Å². The molecule has 0 saturated carbocycles. The molecule has 1 atom stereocenters. The number of para-hydroxylation sites is 2. The highest BCUT2D eigenvalue weighted by Crippen LogP contribution is 2.17. The lowest BCUT2D eigenvalue weighted by atomic mass is 10.3. The predicted molar refractivity (Wildman–Crippen MR) is 69.8 cm³/mol. The third kappa shape index (κ3) is 2.19. The minimum absolute atomic E-state index is 0.110. The third-order valence-corrected chi connectivity index (χ3v) is 3.16. The normalized spacial score (nSPS) is 20.2. The Morgan fingerprint density at radius 3 is 3.06 bits per heavy atom. The van der Waals surface area contributed by atoms with Crippen LogP contribution >= 0.6 is 0 Å². The number of nitrogens with zero attached hydrogens (tertiary/aromatic N) is 2. The summed E-state index contributed by atoms with van der Waals surface area (Å²) in [5.41, 5.74) is 2.13. The molecule has 0 radical (unpaired) electrons. The highest BCUT2D eigenvalue weighted by atomic mass is 16.6. The molecule has 0 bridgehead atoms. The Bertz CT molecular complexity index is 532. The van der Waals surface area contributed by atoms with E-state index in [4.69, 9.17) is 9.47 Å². The Balaban J connectivity index is 1.72. The number of benzene rings is 1. The third-order valence-electron chi connectivity index (χ3n) is 3.16. The van der Waals surface area contributed by atoms with E-state index in [1.165, 1.54) is 0 Å². The SMILES string of the molecule is Cn1c(NCC2COCCO2)nc2ccccc21. The van der Waals surface area contributed by atoms with E-state index in [0.29, 0.717) is 19.8 Å². The summed E-state index contributed by atoms with van der Waals surface area (Å²) >= 11 is 0. The molecule has 1 aliphatic heterocycles. The molecule has 1 aromatic heterocycles. The quantitative estimate of drug-likeness (QED) is 0.890. The summed E-state index contributed by atoms with van der Waals surface area (Å²) in [5, 5.41) is 3.32. The maximum absolute atomic E-state index is 5.59. The van der Waals surface area contributed by atoms with Gasteiger partial charge in [-0.25, -0.2) is 4.98 Å². The van der Waals surface area contributed by atoms with Crippen LogP contribution in [0.5, 0.6) is 0 Å². The number of rotatable bonds is 3. The van der Waals surface area contributed by atoms with E-state index >= 15 is 0 Å². The first-order valence-electron chi connectivity index (χ1n) is 6.19. The molecule has 0 aliphatic carbocycles. The summed E-state index contributed by atoms with van der Waals surface area (Å²) in [5.74, 6) is 0.866. The van der Waals surface area contributed by atoms with Gasteiger partial charge in [-0.2, -0.15) is 0 Å². The van der Waals surface area contributed by atoms with Crippen molar-refractivity contribution < 1.29 is 9.47 Å². The van der Waals surface area contributed by atoms with Gasteiger partial charge in [0.2, 0.25) is 5.95 Å². The Kier molecular flexibility index (Phi) is 3.17. The zero-order chi connectivity index (χ0) is 12.4. The average molecular weight is 247 g/mol. The topological polar surface area (TPSA) is 48.3 Å². The fourth-order valence-electron chi connectivity index (χ4n) is 2.16. The molecule has 3 rings (SSSR count). The van der Waals surface area contributed by atoms with Crippen molar-refractivity contribution in [1.82, 2.24) is 9.55 Å². The summed E-state index contributed by atoms with van der Waals surface area (Å²) in [6.45, 7) is 2.74. The first-order chi connectivity index (χ1) is 8.84. The molecule has 96 valence electrons. The van der Waals surface area contributed by atoms with Crippen LogP contribution < -0.4 is 5.32 Å². The predicted octanol–water partition coefficient (Wildman–Crippen LogP) is 1.40. The van der Waals surface area contributed by atoms with Crippen molar-refractivity contribution in [1.29, 1.82) is 0 Å². The Hall–Kier alpha value is -1.59. The van der Waals surface area contributed by atoms with E-state index in [-0.39, 0.29) is 6.10 Å². The molecule has 1 fully saturated rings. The number of nitrogens with one attached hydrogen (secondary N) is 1. The van der Waals surface area contributed by atoms with Crippen LogP contribution in [-0.4, -0.2) is 42.0 Å². The van der Waals surface area contributed by atoms with Crippen LogP contribution in [0.15, 0.2) is 24.3 Å². The molecule has 1 saturated heterocycles. The Morgan fingerprint density at radius 2 is 2.28 bits per heavy atom. The maximum Gasteiger partial charge on any atom is 0.203 e. The second kappa shape index (κ2) is 4.96. The fraction of sp³-hybridized carbons (Fsp3) is 0.462. The van der Waals surface area contributed by atoms with Gasteiger partial charge in [-0.1, -0.05) is 12.1 Å². The summed E-state index contributed by atoms with van der Waals surface area (Å²) in [6.07, 6.45) is 0.110. The van der Waals surface area contributed by atoms with Gasteiger partial charge in [0.1, 0.15) is 0 Å². The highest BCUT2D eigenvalue weighted by molar-refractivity contribution is 5.78. The Labute approximate surface area is 106 Å². The first-order valence-corrected chi connectivity index (χ1v) is 6.19. The van der Waals surface area contributed by atoms with Crippen molar-refractivity contribution in [3.63, 3.8) is 0 Å². The second-order valence-corrected chi connectivity index (χ2v) is 4.43. The molecular formula is C13H17N3O2. The fourth-order valence-corrected chi connectivity index (χ4v) is 2.16.